The van der Waals surface area contributed by atoms with Gasteiger partial charge in [0.15, 0.2) is 0 Å². The van der Waals surface area contributed by atoms with E-state index >= 15 is 0 Å². The second-order valence-corrected chi connectivity index (χ2v) is 7.81. The van der Waals surface area contributed by atoms with Crippen LogP contribution in [0.1, 0.15) is 51.5 Å². The molecule has 0 heterocycles. The van der Waals surface area contributed by atoms with Gasteiger partial charge in [-0.25, -0.2) is 0 Å². The lowest BCUT2D eigenvalue weighted by Gasteiger charge is -2.24. The number of para-hydroxylation sites is 1. The predicted octanol–water partition coefficient (Wildman–Crippen LogP) is 3.17. The zero-order chi connectivity index (χ0) is 16.7. The molecule has 0 bridgehead atoms. The Balaban J connectivity index is 1.92. The van der Waals surface area contributed by atoms with Gasteiger partial charge in [0, 0.05) is 22.4 Å². The minimum atomic E-state index is -1.26. The summed E-state index contributed by atoms with van der Waals surface area (Å²) in [7, 11) is -1.26. The van der Waals surface area contributed by atoms with E-state index in [4.69, 9.17) is 4.74 Å². The molecule has 2 atom stereocenters. The van der Waals surface area contributed by atoms with Gasteiger partial charge in [0.05, 0.1) is 12.4 Å². The molecule has 5 heteroatoms. The summed E-state index contributed by atoms with van der Waals surface area (Å²) in [6, 6.07) is 7.85. The van der Waals surface area contributed by atoms with Crippen LogP contribution in [0.3, 0.4) is 0 Å². The molecule has 4 nitrogen and oxygen atoms in total. The number of nitrogens with one attached hydrogen (secondary N) is 1. The molecular formula is C18H27NO3S. The highest BCUT2D eigenvalue weighted by Gasteiger charge is 2.24. The van der Waals surface area contributed by atoms with Crippen LogP contribution in [0.2, 0.25) is 0 Å². The minimum absolute atomic E-state index is 0.0934. The second-order valence-electron chi connectivity index (χ2n) is 6.05. The predicted molar refractivity (Wildman–Crippen MR) is 93.9 cm³/mol. The van der Waals surface area contributed by atoms with Crippen molar-refractivity contribution in [3.63, 3.8) is 0 Å². The average Bonchev–Trinajstić information content (AvgIpc) is 2.57. The molecule has 0 spiro atoms. The van der Waals surface area contributed by atoms with Crippen LogP contribution in [-0.4, -0.2) is 28.0 Å². The Morgan fingerprint density at radius 2 is 2.00 bits per heavy atom. The van der Waals surface area contributed by atoms with Crippen molar-refractivity contribution in [2.75, 3.05) is 6.61 Å². The fourth-order valence-electron chi connectivity index (χ4n) is 2.88. The van der Waals surface area contributed by atoms with Gasteiger partial charge in [-0.05, 0) is 32.8 Å². The lowest BCUT2D eigenvalue weighted by Crippen LogP contribution is -2.42. The molecule has 1 N–H and O–H groups in total. The van der Waals surface area contributed by atoms with Gasteiger partial charge >= 0.3 is 0 Å². The molecule has 2 rings (SSSR count). The van der Waals surface area contributed by atoms with E-state index in [0.29, 0.717) is 12.4 Å². The fraction of sp³-hybridized carbons (Fsp3) is 0.611. The molecule has 1 aromatic carbocycles. The van der Waals surface area contributed by atoms with E-state index in [1.165, 1.54) is 19.3 Å². The number of amides is 1. The van der Waals surface area contributed by atoms with Gasteiger partial charge in [-0.15, -0.1) is 0 Å². The Kier molecular flexibility index (Phi) is 7.09. The van der Waals surface area contributed by atoms with Gasteiger partial charge in [0.25, 0.3) is 0 Å². The zero-order valence-electron chi connectivity index (χ0n) is 14.0. The number of hydrogen-bond acceptors (Lipinski definition) is 3. The van der Waals surface area contributed by atoms with Crippen LogP contribution >= 0.6 is 0 Å². The number of carbonyl (C=O) groups excluding carboxylic acids is 1. The first-order valence-corrected chi connectivity index (χ1v) is 9.88. The van der Waals surface area contributed by atoms with Crippen LogP contribution in [0.4, 0.5) is 0 Å². The smallest absolute Gasteiger partial charge is 0.235 e. The van der Waals surface area contributed by atoms with Crippen LogP contribution in [-0.2, 0) is 21.3 Å². The molecule has 1 saturated carbocycles. The van der Waals surface area contributed by atoms with Crippen molar-refractivity contribution < 1.29 is 13.7 Å². The molecule has 1 aromatic rings. The highest BCUT2D eigenvalue weighted by Crippen LogP contribution is 2.21. The first-order chi connectivity index (χ1) is 11.1. The summed E-state index contributed by atoms with van der Waals surface area (Å²) < 4.78 is 18.1. The maximum absolute atomic E-state index is 12.5. The summed E-state index contributed by atoms with van der Waals surface area (Å²) in [6.07, 6.45) is 5.67. The third kappa shape index (κ3) is 5.34. The third-order valence-electron chi connectivity index (χ3n) is 4.29. The van der Waals surface area contributed by atoms with Gasteiger partial charge in [-0.3, -0.25) is 9.00 Å². The van der Waals surface area contributed by atoms with E-state index in [1.807, 2.05) is 31.2 Å². The maximum Gasteiger partial charge on any atom is 0.235 e. The Morgan fingerprint density at radius 3 is 2.70 bits per heavy atom. The van der Waals surface area contributed by atoms with Gasteiger partial charge in [-0.2, -0.15) is 0 Å². The first kappa shape index (κ1) is 18.0. The van der Waals surface area contributed by atoms with Crippen molar-refractivity contribution in [2.45, 2.75) is 63.0 Å². The molecule has 128 valence electrons. The molecule has 1 fully saturated rings. The summed E-state index contributed by atoms with van der Waals surface area (Å²) in [4.78, 5) is 12.3. The van der Waals surface area contributed by atoms with Crippen molar-refractivity contribution >= 4 is 16.7 Å². The number of ether oxygens (including phenoxy) is 1. The SMILES string of the molecule is CCOc1ccccc1C[S@](=O)[C@@H](C)C(=O)NC1CCCCC1. The fourth-order valence-corrected chi connectivity index (χ4v) is 3.98. The highest BCUT2D eigenvalue weighted by molar-refractivity contribution is 7.85. The van der Waals surface area contributed by atoms with Crippen LogP contribution < -0.4 is 10.1 Å². The molecule has 0 aromatic heterocycles. The summed E-state index contributed by atoms with van der Waals surface area (Å²) in [5.41, 5.74) is 0.894. The van der Waals surface area contributed by atoms with E-state index in [9.17, 15) is 9.00 Å². The standard InChI is InChI=1S/C18H27NO3S/c1-3-22-17-12-8-7-9-15(17)13-23(21)14(2)18(20)19-16-10-5-4-6-11-16/h7-9,12,14,16H,3-6,10-11,13H2,1-2H3,(H,19,20)/t14-,23-/m0/s1. The van der Waals surface area contributed by atoms with Crippen LogP contribution in [0.5, 0.6) is 5.75 Å². The normalized spacial score (nSPS) is 18.2. The Labute approximate surface area is 141 Å². The van der Waals surface area contributed by atoms with Crippen LogP contribution in [0, 0.1) is 0 Å². The molecule has 0 unspecified atom stereocenters. The second kappa shape index (κ2) is 9.06. The molecule has 0 saturated heterocycles. The van der Waals surface area contributed by atoms with Gasteiger partial charge in [-0.1, -0.05) is 37.5 Å². The topological polar surface area (TPSA) is 55.4 Å². The van der Waals surface area contributed by atoms with Crippen molar-refractivity contribution in [1.82, 2.24) is 5.32 Å². The first-order valence-electron chi connectivity index (χ1n) is 8.50. The summed E-state index contributed by atoms with van der Waals surface area (Å²) in [5, 5.41) is 2.55. The lowest BCUT2D eigenvalue weighted by molar-refractivity contribution is -0.121. The van der Waals surface area contributed by atoms with Gasteiger partial charge < -0.3 is 10.1 Å². The monoisotopic (exact) mass is 337 g/mol. The molecule has 1 amide bonds. The minimum Gasteiger partial charge on any atom is -0.494 e. The van der Waals surface area contributed by atoms with Crippen molar-refractivity contribution in [3.8, 4) is 5.75 Å². The summed E-state index contributed by atoms with van der Waals surface area (Å²) >= 11 is 0. The van der Waals surface area contributed by atoms with Crippen LogP contribution in [0.15, 0.2) is 24.3 Å². The lowest BCUT2D eigenvalue weighted by atomic mass is 9.95. The average molecular weight is 337 g/mol. The Hall–Kier alpha value is -1.36. The molecule has 1 aliphatic carbocycles. The van der Waals surface area contributed by atoms with E-state index in [0.717, 1.165) is 24.2 Å². The van der Waals surface area contributed by atoms with Crippen molar-refractivity contribution in [3.05, 3.63) is 29.8 Å². The highest BCUT2D eigenvalue weighted by atomic mass is 32.2. The molecule has 1 aliphatic rings. The van der Waals surface area contributed by atoms with E-state index < -0.39 is 16.0 Å². The number of hydrogen-bond donors (Lipinski definition) is 1. The molecule has 0 radical (unpaired) electrons. The largest absolute Gasteiger partial charge is 0.494 e. The van der Waals surface area contributed by atoms with Gasteiger partial charge in [0.1, 0.15) is 11.0 Å². The van der Waals surface area contributed by atoms with Crippen molar-refractivity contribution in [1.29, 1.82) is 0 Å². The maximum atomic E-state index is 12.5. The van der Waals surface area contributed by atoms with E-state index in [1.54, 1.807) is 6.92 Å². The Bertz CT molecular complexity index is 541. The van der Waals surface area contributed by atoms with E-state index in [2.05, 4.69) is 5.32 Å². The van der Waals surface area contributed by atoms with Crippen LogP contribution in [0.25, 0.3) is 0 Å². The zero-order valence-corrected chi connectivity index (χ0v) is 14.9. The van der Waals surface area contributed by atoms with Crippen molar-refractivity contribution in [2.24, 2.45) is 0 Å². The number of rotatable bonds is 7. The summed E-state index contributed by atoms with van der Waals surface area (Å²) in [6.45, 7) is 4.24. The van der Waals surface area contributed by atoms with Gasteiger partial charge in [0.2, 0.25) is 5.91 Å². The number of carbonyl (C=O) groups is 1. The summed E-state index contributed by atoms with van der Waals surface area (Å²) in [5.74, 6) is 1.00. The third-order valence-corrected chi connectivity index (χ3v) is 5.88. The molecular weight excluding hydrogens is 310 g/mol. The van der Waals surface area contributed by atoms with E-state index in [-0.39, 0.29) is 11.9 Å². The number of benzene rings is 1. The Morgan fingerprint density at radius 1 is 1.30 bits per heavy atom. The molecule has 0 aliphatic heterocycles. The quantitative estimate of drug-likeness (QED) is 0.831. The molecule has 23 heavy (non-hydrogen) atoms.